The highest BCUT2D eigenvalue weighted by Crippen LogP contribution is 2.36. The van der Waals surface area contributed by atoms with Gasteiger partial charge in [-0.3, -0.25) is 0 Å². The van der Waals surface area contributed by atoms with Gasteiger partial charge >= 0.3 is 0 Å². The van der Waals surface area contributed by atoms with Crippen LogP contribution in [-0.4, -0.2) is 75.1 Å². The van der Waals surface area contributed by atoms with Gasteiger partial charge in [-0.1, -0.05) is 127 Å². The van der Waals surface area contributed by atoms with Crippen molar-refractivity contribution in [2.45, 2.75) is 102 Å². The van der Waals surface area contributed by atoms with Crippen molar-refractivity contribution < 1.29 is 42.6 Å². The van der Waals surface area contributed by atoms with Crippen LogP contribution in [0.15, 0.2) is 134 Å². The summed E-state index contributed by atoms with van der Waals surface area (Å²) in [5, 5.41) is 0. The van der Waals surface area contributed by atoms with E-state index >= 15 is 0 Å². The summed E-state index contributed by atoms with van der Waals surface area (Å²) in [5.41, 5.74) is 4.07. The Morgan fingerprint density at radius 1 is 0.472 bits per heavy atom. The smallest absolute Gasteiger partial charge is 0.187 e. The molecule has 0 unspecified atom stereocenters. The molecule has 2 fully saturated rings. The van der Waals surface area contributed by atoms with E-state index in [0.29, 0.717) is 26.4 Å². The normalized spacial score (nSPS) is 28.7. The van der Waals surface area contributed by atoms with Crippen LogP contribution >= 0.6 is 0 Å². The summed E-state index contributed by atoms with van der Waals surface area (Å²) in [6.45, 7) is 9.47. The summed E-state index contributed by atoms with van der Waals surface area (Å²) in [7, 11) is 1.61. The Balaban J connectivity index is 1.32. The SMILES string of the molecule is C=CCO[C@@H]1[C@H](OCc2ccccc2)[C@@H](O[C@@H]2[C@H](OCc3ccccc3)[C@@H](OC)O[C@H](C)[C@H]2OCc2ccccc2)O[C@H](C)[C@H]1OCc1ccccc1. The molecule has 0 aromatic heterocycles. The first kappa shape index (κ1) is 39.0. The van der Waals surface area contributed by atoms with Gasteiger partial charge in [0.1, 0.15) is 36.6 Å². The Bertz CT molecular complexity index is 1610. The molecule has 0 aliphatic carbocycles. The number of hydrogen-bond acceptors (Lipinski definition) is 9. The zero-order valence-corrected chi connectivity index (χ0v) is 30.8. The predicted molar refractivity (Wildman–Crippen MR) is 201 cm³/mol. The van der Waals surface area contributed by atoms with Crippen molar-refractivity contribution in [1.29, 1.82) is 0 Å². The maximum absolute atomic E-state index is 7.11. The zero-order chi connectivity index (χ0) is 36.8. The summed E-state index contributed by atoms with van der Waals surface area (Å²) in [6.07, 6.45) is -4.47. The number of methoxy groups -OCH3 is 1. The minimum atomic E-state index is -0.904. The van der Waals surface area contributed by atoms with E-state index in [1.54, 1.807) is 13.2 Å². The van der Waals surface area contributed by atoms with E-state index in [1.807, 2.05) is 135 Å². The van der Waals surface area contributed by atoms with Gasteiger partial charge in [-0.2, -0.15) is 0 Å². The summed E-state index contributed by atoms with van der Waals surface area (Å²) < 4.78 is 59.3. The van der Waals surface area contributed by atoms with Gasteiger partial charge in [-0.15, -0.1) is 6.58 Å². The third kappa shape index (κ3) is 10.7. The van der Waals surface area contributed by atoms with Gasteiger partial charge in [0, 0.05) is 7.11 Å². The third-order valence-electron chi connectivity index (χ3n) is 9.53. The highest BCUT2D eigenvalue weighted by molar-refractivity contribution is 5.16. The topological polar surface area (TPSA) is 83.1 Å². The molecule has 0 saturated carbocycles. The molecule has 9 heteroatoms. The van der Waals surface area contributed by atoms with Gasteiger partial charge in [-0.25, -0.2) is 0 Å². The van der Waals surface area contributed by atoms with Crippen molar-refractivity contribution in [1.82, 2.24) is 0 Å². The van der Waals surface area contributed by atoms with E-state index in [4.69, 9.17) is 42.6 Å². The first-order valence-corrected chi connectivity index (χ1v) is 18.4. The average molecular weight is 725 g/mol. The van der Waals surface area contributed by atoms with Crippen LogP contribution in [0.1, 0.15) is 36.1 Å². The summed E-state index contributed by atoms with van der Waals surface area (Å²) in [6, 6.07) is 40.1. The van der Waals surface area contributed by atoms with Crippen LogP contribution in [0, 0.1) is 0 Å². The molecule has 2 saturated heterocycles. The molecule has 2 heterocycles. The fourth-order valence-electron chi connectivity index (χ4n) is 6.80. The second-order valence-corrected chi connectivity index (χ2v) is 13.4. The van der Waals surface area contributed by atoms with Crippen LogP contribution in [0.2, 0.25) is 0 Å². The van der Waals surface area contributed by atoms with E-state index in [0.717, 1.165) is 22.3 Å². The molecule has 9 nitrogen and oxygen atoms in total. The molecule has 0 spiro atoms. The summed E-state index contributed by atoms with van der Waals surface area (Å²) in [5.74, 6) is 0. The third-order valence-corrected chi connectivity index (χ3v) is 9.53. The van der Waals surface area contributed by atoms with Crippen LogP contribution < -0.4 is 0 Å². The predicted octanol–water partition coefficient (Wildman–Crippen LogP) is 7.42. The second-order valence-electron chi connectivity index (χ2n) is 13.4. The minimum Gasteiger partial charge on any atom is -0.368 e. The fraction of sp³-hybridized carbons (Fsp3) is 0.409. The molecule has 10 atom stereocenters. The summed E-state index contributed by atoms with van der Waals surface area (Å²) in [4.78, 5) is 0. The first-order chi connectivity index (χ1) is 26.0. The molecular formula is C44H52O9. The van der Waals surface area contributed by atoms with Gasteiger partial charge in [-0.05, 0) is 36.1 Å². The van der Waals surface area contributed by atoms with Gasteiger partial charge in [0.25, 0.3) is 0 Å². The molecule has 4 aromatic rings. The molecule has 6 rings (SSSR count). The first-order valence-electron chi connectivity index (χ1n) is 18.4. The van der Waals surface area contributed by atoms with Gasteiger partial charge < -0.3 is 42.6 Å². The van der Waals surface area contributed by atoms with E-state index in [9.17, 15) is 0 Å². The van der Waals surface area contributed by atoms with E-state index in [2.05, 4.69) is 6.58 Å². The zero-order valence-electron chi connectivity index (χ0n) is 30.8. The van der Waals surface area contributed by atoms with Crippen LogP contribution in [0.3, 0.4) is 0 Å². The van der Waals surface area contributed by atoms with Crippen molar-refractivity contribution in [3.05, 3.63) is 156 Å². The molecule has 2 aliphatic heterocycles. The highest BCUT2D eigenvalue weighted by atomic mass is 16.8. The maximum atomic E-state index is 7.11. The lowest BCUT2D eigenvalue weighted by molar-refractivity contribution is -0.369. The highest BCUT2D eigenvalue weighted by Gasteiger charge is 2.53. The Kier molecular flexibility index (Phi) is 14.8. The van der Waals surface area contributed by atoms with Crippen molar-refractivity contribution in [3.63, 3.8) is 0 Å². The standard InChI is InChI=1S/C44H52O9/c1-5-26-46-39-37(47-27-33-18-10-6-11-19-33)31(2)52-44(41(39)49-29-35-22-14-8-15-23-35)53-40-38(48-28-34-20-12-7-13-21-34)32(3)51-43(45-4)42(40)50-30-36-24-16-9-17-25-36/h5-25,31-32,37-44H,1,26-30H2,2-4H3/t31-,32-,37-,38-,39+,40+,41+,42+,43+,44-/m1/s1. The van der Waals surface area contributed by atoms with Crippen LogP contribution in [0.25, 0.3) is 0 Å². The quantitative estimate of drug-likeness (QED) is 0.0975. The Labute approximate surface area is 313 Å². The molecular weight excluding hydrogens is 672 g/mol. The average Bonchev–Trinajstić information content (AvgIpc) is 3.20. The molecule has 0 bridgehead atoms. The van der Waals surface area contributed by atoms with Gasteiger partial charge in [0.2, 0.25) is 0 Å². The molecule has 2 aliphatic rings. The monoisotopic (exact) mass is 724 g/mol. The number of rotatable bonds is 18. The molecule has 0 N–H and O–H groups in total. The van der Waals surface area contributed by atoms with E-state index in [-0.39, 0.29) is 6.61 Å². The number of benzene rings is 4. The van der Waals surface area contributed by atoms with Gasteiger partial charge in [0.15, 0.2) is 12.6 Å². The maximum Gasteiger partial charge on any atom is 0.187 e. The van der Waals surface area contributed by atoms with Crippen LogP contribution in [0.5, 0.6) is 0 Å². The second kappa shape index (κ2) is 20.1. The lowest BCUT2D eigenvalue weighted by atomic mass is 9.96. The Hall–Kier alpha value is -3.74. The lowest BCUT2D eigenvalue weighted by Gasteiger charge is -2.49. The van der Waals surface area contributed by atoms with Crippen LogP contribution in [0.4, 0.5) is 0 Å². The van der Waals surface area contributed by atoms with Crippen molar-refractivity contribution in [2.75, 3.05) is 13.7 Å². The molecule has 282 valence electrons. The van der Waals surface area contributed by atoms with E-state index < -0.39 is 61.4 Å². The molecule has 0 radical (unpaired) electrons. The van der Waals surface area contributed by atoms with Gasteiger partial charge in [0.05, 0.1) is 45.2 Å². The molecule has 0 amide bonds. The van der Waals surface area contributed by atoms with E-state index in [1.165, 1.54) is 0 Å². The molecule has 53 heavy (non-hydrogen) atoms. The minimum absolute atomic E-state index is 0.284. The Morgan fingerprint density at radius 2 is 0.830 bits per heavy atom. The molecule has 4 aromatic carbocycles. The number of ether oxygens (including phenoxy) is 9. The van der Waals surface area contributed by atoms with Crippen molar-refractivity contribution in [2.24, 2.45) is 0 Å². The Morgan fingerprint density at radius 3 is 1.23 bits per heavy atom. The fourth-order valence-corrected chi connectivity index (χ4v) is 6.80. The largest absolute Gasteiger partial charge is 0.368 e. The number of hydrogen-bond donors (Lipinski definition) is 0. The summed E-state index contributed by atoms with van der Waals surface area (Å²) >= 11 is 0. The lowest BCUT2D eigenvalue weighted by Crippen LogP contribution is -2.65. The van der Waals surface area contributed by atoms with Crippen molar-refractivity contribution in [3.8, 4) is 0 Å². The van der Waals surface area contributed by atoms with Crippen LogP contribution in [-0.2, 0) is 69.1 Å². The van der Waals surface area contributed by atoms with Crippen molar-refractivity contribution >= 4 is 0 Å².